The van der Waals surface area contributed by atoms with E-state index in [0.29, 0.717) is 12.0 Å². The Bertz CT molecular complexity index is 483. The molecule has 2 rings (SSSR count). The average molecular weight is 235 g/mol. The molecule has 1 aliphatic heterocycles. The predicted molar refractivity (Wildman–Crippen MR) is 60.5 cm³/mol. The van der Waals surface area contributed by atoms with Gasteiger partial charge in [0.15, 0.2) is 6.10 Å². The molecule has 1 unspecified atom stereocenters. The summed E-state index contributed by atoms with van der Waals surface area (Å²) in [6.45, 7) is 0. The van der Waals surface area contributed by atoms with Crippen LogP contribution in [0.3, 0.4) is 0 Å². The largest absolute Gasteiger partial charge is 0.467 e. The number of carbonyl (C=O) groups excluding carboxylic acids is 2. The van der Waals surface area contributed by atoms with E-state index in [9.17, 15) is 14.7 Å². The first-order valence-corrected chi connectivity index (χ1v) is 5.20. The van der Waals surface area contributed by atoms with Crippen LogP contribution in [0.4, 0.5) is 5.69 Å². The molecule has 0 aromatic heterocycles. The lowest BCUT2D eigenvalue weighted by atomic mass is 10.0. The van der Waals surface area contributed by atoms with E-state index in [-0.39, 0.29) is 5.91 Å². The molecule has 0 bridgehead atoms. The fourth-order valence-corrected chi connectivity index (χ4v) is 1.88. The Hall–Kier alpha value is -1.88. The highest BCUT2D eigenvalue weighted by atomic mass is 16.5. The third-order valence-electron chi connectivity index (χ3n) is 2.93. The minimum Gasteiger partial charge on any atom is -0.467 e. The second kappa shape index (κ2) is 4.18. The van der Waals surface area contributed by atoms with Crippen molar-refractivity contribution in [2.24, 2.45) is 0 Å². The van der Waals surface area contributed by atoms with E-state index in [2.05, 4.69) is 4.74 Å². The van der Waals surface area contributed by atoms with E-state index in [4.69, 9.17) is 0 Å². The number of ether oxygens (including phenoxy) is 1. The summed E-state index contributed by atoms with van der Waals surface area (Å²) in [4.78, 5) is 24.2. The highest BCUT2D eigenvalue weighted by Gasteiger charge is 2.26. The lowest BCUT2D eigenvalue weighted by molar-refractivity contribution is -0.150. The van der Waals surface area contributed by atoms with E-state index in [1.807, 2.05) is 0 Å². The molecule has 5 heteroatoms. The molecule has 1 aromatic carbocycles. The molecule has 0 fully saturated rings. The summed E-state index contributed by atoms with van der Waals surface area (Å²) < 4.78 is 4.46. The van der Waals surface area contributed by atoms with Crippen LogP contribution < -0.4 is 4.90 Å². The molecule has 1 aliphatic rings. The van der Waals surface area contributed by atoms with Gasteiger partial charge in [-0.15, -0.1) is 0 Å². The quantitative estimate of drug-likeness (QED) is 0.754. The number of rotatable bonds is 2. The number of amides is 1. The number of carbonyl (C=O) groups is 2. The maximum Gasteiger partial charge on any atom is 0.339 e. The third kappa shape index (κ3) is 1.89. The number of hydrogen-bond acceptors (Lipinski definition) is 4. The van der Waals surface area contributed by atoms with Gasteiger partial charge in [0.1, 0.15) is 0 Å². The molecule has 0 saturated carbocycles. The molecule has 0 spiro atoms. The zero-order valence-electron chi connectivity index (χ0n) is 9.64. The minimum absolute atomic E-state index is 0.00436. The first-order valence-electron chi connectivity index (χ1n) is 5.20. The second-order valence-corrected chi connectivity index (χ2v) is 3.94. The van der Waals surface area contributed by atoms with Crippen LogP contribution in [0, 0.1) is 0 Å². The maximum absolute atomic E-state index is 11.5. The Morgan fingerprint density at radius 3 is 2.88 bits per heavy atom. The molecule has 17 heavy (non-hydrogen) atoms. The van der Waals surface area contributed by atoms with Gasteiger partial charge in [0.25, 0.3) is 0 Å². The molecule has 1 N–H and O–H groups in total. The van der Waals surface area contributed by atoms with Gasteiger partial charge in [0.05, 0.1) is 13.5 Å². The Kier molecular flexibility index (Phi) is 2.85. The number of likely N-dealkylation sites (N-methyl/N-ethyl adjacent to an activating group) is 1. The maximum atomic E-state index is 11.5. The summed E-state index contributed by atoms with van der Waals surface area (Å²) in [6, 6.07) is 5.02. The molecule has 5 nitrogen and oxygen atoms in total. The van der Waals surface area contributed by atoms with Gasteiger partial charge < -0.3 is 14.7 Å². The standard InChI is InChI=1S/C12H13NO4/c1-13-9-5-8(11(15)12(16)17-2)4-3-7(9)6-10(13)14/h3-5,11,15H,6H2,1-2H3. The SMILES string of the molecule is COC(=O)C(O)c1ccc2c(c1)N(C)C(=O)C2. The number of methoxy groups -OCH3 is 1. The number of fused-ring (bicyclic) bond motifs is 1. The highest BCUT2D eigenvalue weighted by Crippen LogP contribution is 2.30. The molecular formula is C12H13NO4. The first-order chi connectivity index (χ1) is 8.04. The Morgan fingerprint density at radius 2 is 2.24 bits per heavy atom. The van der Waals surface area contributed by atoms with Crippen LogP contribution in [0.2, 0.25) is 0 Å². The van der Waals surface area contributed by atoms with Crippen LogP contribution in [0.15, 0.2) is 18.2 Å². The lowest BCUT2D eigenvalue weighted by Crippen LogP contribution is -2.21. The lowest BCUT2D eigenvalue weighted by Gasteiger charge is -2.13. The van der Waals surface area contributed by atoms with E-state index in [1.54, 1.807) is 25.2 Å². The summed E-state index contributed by atoms with van der Waals surface area (Å²) in [5.74, 6) is -0.707. The molecule has 90 valence electrons. The summed E-state index contributed by atoms with van der Waals surface area (Å²) >= 11 is 0. The van der Waals surface area contributed by atoms with Crippen molar-refractivity contribution in [3.05, 3.63) is 29.3 Å². The third-order valence-corrected chi connectivity index (χ3v) is 2.93. The number of nitrogens with zero attached hydrogens (tertiary/aromatic N) is 1. The summed E-state index contributed by atoms with van der Waals surface area (Å²) in [5, 5.41) is 9.69. The van der Waals surface area contributed by atoms with Crippen LogP contribution in [0.5, 0.6) is 0 Å². The number of aliphatic hydroxyl groups excluding tert-OH is 1. The van der Waals surface area contributed by atoms with Crippen molar-refractivity contribution in [3.8, 4) is 0 Å². The number of aliphatic hydroxyl groups is 1. The van der Waals surface area contributed by atoms with Gasteiger partial charge in [0, 0.05) is 12.7 Å². The average Bonchev–Trinajstić information content (AvgIpc) is 2.63. The Balaban J connectivity index is 2.35. The van der Waals surface area contributed by atoms with Crippen LogP contribution in [0.1, 0.15) is 17.2 Å². The van der Waals surface area contributed by atoms with E-state index in [1.165, 1.54) is 12.0 Å². The predicted octanol–water partition coefficient (Wildman–Crippen LogP) is 0.412. The number of hydrogen-bond donors (Lipinski definition) is 1. The van der Waals surface area contributed by atoms with E-state index < -0.39 is 12.1 Å². The molecule has 0 saturated heterocycles. The molecule has 1 amide bonds. The van der Waals surface area contributed by atoms with Gasteiger partial charge in [-0.1, -0.05) is 12.1 Å². The van der Waals surface area contributed by atoms with Crippen molar-refractivity contribution >= 4 is 17.6 Å². The number of esters is 1. The van der Waals surface area contributed by atoms with Crippen molar-refractivity contribution in [1.82, 2.24) is 0 Å². The van der Waals surface area contributed by atoms with Crippen LogP contribution >= 0.6 is 0 Å². The van der Waals surface area contributed by atoms with Crippen molar-refractivity contribution in [2.75, 3.05) is 19.1 Å². The van der Waals surface area contributed by atoms with Crippen molar-refractivity contribution in [3.63, 3.8) is 0 Å². The number of benzene rings is 1. The van der Waals surface area contributed by atoms with Crippen LogP contribution in [-0.2, 0) is 20.7 Å². The van der Waals surface area contributed by atoms with E-state index in [0.717, 1.165) is 11.3 Å². The molecule has 0 radical (unpaired) electrons. The fraction of sp³-hybridized carbons (Fsp3) is 0.333. The van der Waals surface area contributed by atoms with Crippen LogP contribution in [0.25, 0.3) is 0 Å². The van der Waals surface area contributed by atoms with Gasteiger partial charge >= 0.3 is 5.97 Å². The monoisotopic (exact) mass is 235 g/mol. The summed E-state index contributed by atoms with van der Waals surface area (Å²) in [6.07, 6.45) is -0.949. The fourth-order valence-electron chi connectivity index (χ4n) is 1.88. The van der Waals surface area contributed by atoms with Crippen molar-refractivity contribution in [2.45, 2.75) is 12.5 Å². The topological polar surface area (TPSA) is 66.8 Å². The van der Waals surface area contributed by atoms with Gasteiger partial charge in [-0.3, -0.25) is 4.79 Å². The van der Waals surface area contributed by atoms with Crippen molar-refractivity contribution < 1.29 is 19.4 Å². The zero-order chi connectivity index (χ0) is 12.6. The van der Waals surface area contributed by atoms with Gasteiger partial charge in [0.2, 0.25) is 5.91 Å². The molecular weight excluding hydrogens is 222 g/mol. The van der Waals surface area contributed by atoms with Gasteiger partial charge in [-0.25, -0.2) is 4.79 Å². The van der Waals surface area contributed by atoms with Crippen molar-refractivity contribution in [1.29, 1.82) is 0 Å². The molecule has 0 aliphatic carbocycles. The normalized spacial score (nSPS) is 15.7. The highest BCUT2D eigenvalue weighted by molar-refractivity contribution is 6.01. The summed E-state index contributed by atoms with van der Waals surface area (Å²) in [7, 11) is 2.89. The molecule has 1 atom stereocenters. The van der Waals surface area contributed by atoms with Gasteiger partial charge in [-0.05, 0) is 17.2 Å². The zero-order valence-corrected chi connectivity index (χ0v) is 9.64. The molecule has 1 aromatic rings. The Labute approximate surface area is 98.6 Å². The van der Waals surface area contributed by atoms with Crippen LogP contribution in [-0.4, -0.2) is 31.1 Å². The number of anilines is 1. The minimum atomic E-state index is -1.31. The smallest absolute Gasteiger partial charge is 0.339 e. The van der Waals surface area contributed by atoms with Gasteiger partial charge in [-0.2, -0.15) is 0 Å². The summed E-state index contributed by atoms with van der Waals surface area (Å²) in [5.41, 5.74) is 2.06. The first kappa shape index (κ1) is 11.6. The Morgan fingerprint density at radius 1 is 1.53 bits per heavy atom. The second-order valence-electron chi connectivity index (χ2n) is 3.94. The van der Waals surface area contributed by atoms with E-state index >= 15 is 0 Å². The molecule has 1 heterocycles.